The molecule has 5 aliphatic heterocycles. The van der Waals surface area contributed by atoms with Crippen molar-refractivity contribution in [2.75, 3.05) is 11.4 Å². The number of aromatic amines is 1. The molecule has 254 valence electrons. The van der Waals surface area contributed by atoms with Crippen molar-refractivity contribution in [1.82, 2.24) is 4.98 Å². The Morgan fingerprint density at radius 2 is 1.35 bits per heavy atom. The van der Waals surface area contributed by atoms with Gasteiger partial charge in [0.25, 0.3) is 11.5 Å². The predicted octanol–water partition coefficient (Wildman–Crippen LogP) is 0.786. The molecule has 52 heavy (non-hydrogen) atoms. The molecular weight excluding hydrogens is 660 g/mol. The number of rotatable bonds is 4. The molecule has 4 N–H and O–H groups in total. The SMILES string of the molecule is Cc1ccc(C)c2c1C1=NC2=Nc2[nH]c(c3c2N(CC(=O)O)C=CC=3)=[NH+]C2=NC(=NC3=NC(=N1)c1ccc[n+](CC(=O)O)c13)c1c(C)ccc(C)c12. The van der Waals surface area contributed by atoms with Gasteiger partial charge in [0.2, 0.25) is 29.5 Å². The van der Waals surface area contributed by atoms with Crippen LogP contribution in [0.3, 0.4) is 0 Å². The van der Waals surface area contributed by atoms with E-state index in [0.717, 1.165) is 44.5 Å². The zero-order chi connectivity index (χ0) is 36.0. The number of aromatic nitrogens is 2. The highest BCUT2D eigenvalue weighted by Crippen LogP contribution is 2.32. The van der Waals surface area contributed by atoms with Crippen molar-refractivity contribution in [2.45, 2.75) is 34.2 Å². The number of anilines is 1. The van der Waals surface area contributed by atoms with Gasteiger partial charge in [0.15, 0.2) is 23.7 Å². The number of carboxylic acid groups (broad SMARTS) is 2. The van der Waals surface area contributed by atoms with Gasteiger partial charge in [-0.05, 0) is 68.2 Å². The van der Waals surface area contributed by atoms with Crippen LogP contribution in [0.25, 0.3) is 6.08 Å². The van der Waals surface area contributed by atoms with Crippen LogP contribution in [-0.2, 0) is 16.1 Å². The van der Waals surface area contributed by atoms with Crippen LogP contribution in [-0.4, -0.2) is 68.7 Å². The van der Waals surface area contributed by atoms with Crippen molar-refractivity contribution >= 4 is 64.5 Å². The summed E-state index contributed by atoms with van der Waals surface area (Å²) in [6.07, 6.45) is 7.08. The van der Waals surface area contributed by atoms with Gasteiger partial charge in [-0.1, -0.05) is 29.3 Å². The van der Waals surface area contributed by atoms with Crippen molar-refractivity contribution in [2.24, 2.45) is 30.0 Å². The average molecular weight is 691 g/mol. The Morgan fingerprint density at radius 3 is 2.04 bits per heavy atom. The van der Waals surface area contributed by atoms with Crippen LogP contribution in [0.15, 0.2) is 84.8 Å². The Hall–Kier alpha value is -6.96. The number of carboxylic acids is 2. The standard InChI is InChI=1S/C38H28N10O4/c1-17-9-11-19(3)27-25(17)33-39-31-21-7-5-13-47(15-23(49)50)29(21)38(41-31)46-36-28-20(4)12-10-18(2)26(28)34(44-36)40-32-22-8-6-14-48(16-24(51)52)30(22)37(42-32)45-35(27)43-33/h5-14H,15-16H2,1-4H3,(H2-,39,40,41,42,43,44,45,46,49,50,51,52)/p+2. The van der Waals surface area contributed by atoms with Gasteiger partial charge in [0.05, 0.1) is 21.9 Å². The fourth-order valence-electron chi connectivity index (χ4n) is 7.33. The average Bonchev–Trinajstić information content (AvgIpc) is 3.84. The van der Waals surface area contributed by atoms with Gasteiger partial charge in [-0.25, -0.2) is 24.8 Å². The van der Waals surface area contributed by atoms with E-state index < -0.39 is 11.9 Å². The predicted molar refractivity (Wildman–Crippen MR) is 194 cm³/mol. The number of pyridine rings is 1. The first kappa shape index (κ1) is 31.1. The smallest absolute Gasteiger partial charge is 0.370 e. The van der Waals surface area contributed by atoms with E-state index in [2.05, 4.69) is 9.98 Å². The Bertz CT molecular complexity index is 2740. The fourth-order valence-corrected chi connectivity index (χ4v) is 7.33. The second kappa shape index (κ2) is 11.3. The minimum absolute atomic E-state index is 0.269. The molecule has 0 spiro atoms. The zero-order valence-corrected chi connectivity index (χ0v) is 28.5. The summed E-state index contributed by atoms with van der Waals surface area (Å²) in [5.74, 6) is 0.688. The fraction of sp³-hybridized carbons (Fsp3) is 0.158. The lowest BCUT2D eigenvalue weighted by atomic mass is 9.98. The number of hydrogen-bond donors (Lipinski definition) is 4. The normalized spacial score (nSPS) is 15.9. The Balaban J connectivity index is 1.41. The first-order chi connectivity index (χ1) is 25.0. The van der Waals surface area contributed by atoms with Gasteiger partial charge >= 0.3 is 11.9 Å². The molecule has 14 nitrogen and oxygen atoms in total. The lowest BCUT2D eigenvalue weighted by Gasteiger charge is -2.18. The molecule has 7 heterocycles. The van der Waals surface area contributed by atoms with Crippen molar-refractivity contribution in [1.29, 1.82) is 0 Å². The van der Waals surface area contributed by atoms with E-state index in [1.807, 2.05) is 64.1 Å². The number of aliphatic carboxylic acids is 2. The molecule has 0 radical (unpaired) electrons. The molecule has 0 fully saturated rings. The van der Waals surface area contributed by atoms with Crippen LogP contribution in [0.4, 0.5) is 11.5 Å². The van der Waals surface area contributed by atoms with Crippen molar-refractivity contribution in [3.05, 3.63) is 121 Å². The molecule has 0 saturated heterocycles. The maximum absolute atomic E-state index is 12.0. The molecule has 9 rings (SSSR count). The van der Waals surface area contributed by atoms with Crippen molar-refractivity contribution in [3.63, 3.8) is 0 Å². The summed E-state index contributed by atoms with van der Waals surface area (Å²) in [4.78, 5) is 62.7. The number of carbonyl (C=O) groups is 2. The summed E-state index contributed by atoms with van der Waals surface area (Å²) in [6.45, 7) is 7.34. The van der Waals surface area contributed by atoms with E-state index in [-0.39, 0.29) is 18.9 Å². The maximum atomic E-state index is 12.0. The van der Waals surface area contributed by atoms with Gasteiger partial charge in [-0.3, -0.25) is 9.78 Å². The minimum atomic E-state index is -1.01. The molecule has 0 amide bonds. The number of aryl methyl sites for hydroxylation is 4. The largest absolute Gasteiger partial charge is 0.480 e. The number of nitrogens with one attached hydrogen (secondary N) is 2. The molecule has 5 aliphatic rings. The van der Waals surface area contributed by atoms with Crippen LogP contribution >= 0.6 is 0 Å². The van der Waals surface area contributed by atoms with Crippen LogP contribution in [0.2, 0.25) is 0 Å². The van der Waals surface area contributed by atoms with Crippen LogP contribution < -0.4 is 25.2 Å². The van der Waals surface area contributed by atoms with Crippen molar-refractivity contribution in [3.8, 4) is 0 Å². The molecular formula is C38H30N10O4+2. The number of aliphatic imine (C=N–C) groups is 6. The van der Waals surface area contributed by atoms with E-state index in [1.54, 1.807) is 34.0 Å². The summed E-state index contributed by atoms with van der Waals surface area (Å²) in [5.41, 5.74) is 9.22. The first-order valence-electron chi connectivity index (χ1n) is 16.6. The minimum Gasteiger partial charge on any atom is -0.480 e. The third-order valence-electron chi connectivity index (χ3n) is 9.62. The van der Waals surface area contributed by atoms with Gasteiger partial charge in [0.1, 0.15) is 12.2 Å². The zero-order valence-electron chi connectivity index (χ0n) is 28.5. The number of fused-ring (bicyclic) bond motifs is 17. The summed E-state index contributed by atoms with van der Waals surface area (Å²) in [5, 5.41) is 20.4. The van der Waals surface area contributed by atoms with Gasteiger partial charge in [0, 0.05) is 23.4 Å². The molecule has 14 heteroatoms. The third-order valence-corrected chi connectivity index (χ3v) is 9.62. The molecule has 0 atom stereocenters. The van der Waals surface area contributed by atoms with E-state index in [4.69, 9.17) is 30.0 Å². The van der Waals surface area contributed by atoms with E-state index in [9.17, 15) is 19.8 Å². The lowest BCUT2D eigenvalue weighted by molar-refractivity contribution is -0.687. The molecule has 4 aromatic rings. The number of H-pyrrole nitrogens is 1. The monoisotopic (exact) mass is 690 g/mol. The van der Waals surface area contributed by atoms with Crippen molar-refractivity contribution < 1.29 is 29.4 Å². The highest BCUT2D eigenvalue weighted by Gasteiger charge is 2.38. The second-order valence-corrected chi connectivity index (χ2v) is 13.1. The summed E-state index contributed by atoms with van der Waals surface area (Å²) in [6, 6.07) is 11.6. The number of allylic oxidation sites excluding steroid dienone is 1. The van der Waals surface area contributed by atoms with Crippen LogP contribution in [0.1, 0.15) is 55.8 Å². The summed E-state index contributed by atoms with van der Waals surface area (Å²) >= 11 is 0. The Morgan fingerprint density at radius 1 is 0.750 bits per heavy atom. The van der Waals surface area contributed by atoms with E-state index in [0.29, 0.717) is 62.6 Å². The Labute approximate surface area is 295 Å². The van der Waals surface area contributed by atoms with E-state index in [1.165, 1.54) is 0 Å². The van der Waals surface area contributed by atoms with Crippen LogP contribution in [0.5, 0.6) is 0 Å². The second-order valence-electron chi connectivity index (χ2n) is 13.1. The molecule has 0 aliphatic carbocycles. The summed E-state index contributed by atoms with van der Waals surface area (Å²) < 4.78 is 1.60. The molecule has 0 unspecified atom stereocenters. The maximum Gasteiger partial charge on any atom is 0.370 e. The quantitative estimate of drug-likeness (QED) is 0.230. The summed E-state index contributed by atoms with van der Waals surface area (Å²) in [7, 11) is 0. The van der Waals surface area contributed by atoms with Gasteiger partial charge in [-0.2, -0.15) is 14.6 Å². The highest BCUT2D eigenvalue weighted by molar-refractivity contribution is 6.31. The van der Waals surface area contributed by atoms with Gasteiger partial charge < -0.3 is 15.1 Å². The number of hydrogen-bond acceptors (Lipinski definition) is 9. The lowest BCUT2D eigenvalue weighted by Crippen LogP contribution is -2.83. The highest BCUT2D eigenvalue weighted by atomic mass is 16.4. The molecule has 2 aromatic heterocycles. The number of nitrogens with zero attached hydrogens (tertiary/aromatic N) is 8. The topological polar surface area (TPSA) is 186 Å². The molecule has 0 saturated carbocycles. The first-order valence-corrected chi connectivity index (χ1v) is 16.6. The van der Waals surface area contributed by atoms with Crippen LogP contribution in [0, 0.1) is 27.7 Å². The third kappa shape index (κ3) is 4.71. The number of benzene rings is 2. The molecule has 8 bridgehead atoms. The molecule has 2 aromatic carbocycles. The number of amidine groups is 6. The van der Waals surface area contributed by atoms with Gasteiger partial charge in [-0.15, -0.1) is 0 Å². The van der Waals surface area contributed by atoms with E-state index >= 15 is 0 Å². The Kier molecular flexibility index (Phi) is 6.74.